The lowest BCUT2D eigenvalue weighted by Crippen LogP contribution is -2.34. The number of H-pyrrole nitrogens is 1. The first-order valence-corrected chi connectivity index (χ1v) is 9.92. The minimum absolute atomic E-state index is 0.00833. The van der Waals surface area contributed by atoms with Gasteiger partial charge in [0.15, 0.2) is 0 Å². The molecule has 1 unspecified atom stereocenters. The van der Waals surface area contributed by atoms with Crippen molar-refractivity contribution in [2.24, 2.45) is 5.73 Å². The predicted octanol–water partition coefficient (Wildman–Crippen LogP) is 4.32. The lowest BCUT2D eigenvalue weighted by Gasteiger charge is -2.29. The molecule has 0 saturated heterocycles. The Kier molecular flexibility index (Phi) is 5.34. The number of aliphatic hydroxyl groups is 1. The van der Waals surface area contributed by atoms with Crippen molar-refractivity contribution in [3.05, 3.63) is 70.7 Å². The van der Waals surface area contributed by atoms with E-state index in [2.05, 4.69) is 11.6 Å². The van der Waals surface area contributed by atoms with Gasteiger partial charge < -0.3 is 20.7 Å². The van der Waals surface area contributed by atoms with E-state index in [0.29, 0.717) is 18.5 Å². The average Bonchev–Trinajstić information content (AvgIpc) is 3.09. The Balaban J connectivity index is 2.00. The highest BCUT2D eigenvalue weighted by Gasteiger charge is 2.37. The highest BCUT2D eigenvalue weighted by molar-refractivity contribution is 6.01. The van der Waals surface area contributed by atoms with Gasteiger partial charge in [-0.1, -0.05) is 24.8 Å². The van der Waals surface area contributed by atoms with E-state index in [4.69, 9.17) is 5.73 Å². The van der Waals surface area contributed by atoms with Crippen LogP contribution in [0.5, 0.6) is 0 Å². The molecule has 1 atom stereocenters. The van der Waals surface area contributed by atoms with Crippen LogP contribution in [0.2, 0.25) is 0 Å². The Bertz CT molecular complexity index is 1240. The summed E-state index contributed by atoms with van der Waals surface area (Å²) in [6, 6.07) is 6.10. The molecule has 5 nitrogen and oxygen atoms in total. The molecule has 3 aromatic rings. The zero-order valence-electron chi connectivity index (χ0n) is 17.2. The van der Waals surface area contributed by atoms with Crippen LogP contribution in [0.15, 0.2) is 36.9 Å². The van der Waals surface area contributed by atoms with Crippen LogP contribution in [0.25, 0.3) is 22.0 Å². The third kappa shape index (κ3) is 3.47. The summed E-state index contributed by atoms with van der Waals surface area (Å²) in [6.45, 7) is 5.42. The number of aromatic nitrogens is 1. The molecule has 0 aliphatic carbocycles. The van der Waals surface area contributed by atoms with Gasteiger partial charge in [-0.15, -0.1) is 0 Å². The minimum atomic E-state index is -4.70. The second-order valence-corrected chi connectivity index (χ2v) is 7.80. The molecule has 0 bridgehead atoms. The van der Waals surface area contributed by atoms with Gasteiger partial charge >= 0.3 is 6.18 Å². The molecule has 9 heteroatoms. The van der Waals surface area contributed by atoms with Crippen molar-refractivity contribution in [3.63, 3.8) is 0 Å². The summed E-state index contributed by atoms with van der Waals surface area (Å²) in [5.74, 6) is -1.02. The number of benzene rings is 2. The van der Waals surface area contributed by atoms with Gasteiger partial charge in [-0.05, 0) is 47.7 Å². The van der Waals surface area contributed by atoms with Crippen LogP contribution >= 0.6 is 0 Å². The van der Waals surface area contributed by atoms with Gasteiger partial charge in [-0.25, -0.2) is 4.39 Å². The topological polar surface area (TPSA) is 82.3 Å². The van der Waals surface area contributed by atoms with Crippen molar-refractivity contribution in [2.45, 2.75) is 32.3 Å². The number of nitrogens with one attached hydrogen (secondary N) is 1. The van der Waals surface area contributed by atoms with Crippen LogP contribution in [0.3, 0.4) is 0 Å². The molecule has 0 saturated carbocycles. The Morgan fingerprint density at radius 1 is 1.38 bits per heavy atom. The number of aliphatic hydroxyl groups excluding tert-OH is 1. The zero-order valence-corrected chi connectivity index (χ0v) is 17.2. The number of hydrogen-bond donors (Lipinski definition) is 3. The number of amides is 1. The fourth-order valence-corrected chi connectivity index (χ4v) is 4.46. The molecule has 1 aliphatic rings. The second-order valence-electron chi connectivity index (χ2n) is 7.80. The number of halogens is 4. The van der Waals surface area contributed by atoms with Gasteiger partial charge in [0, 0.05) is 29.6 Å². The molecule has 0 fully saturated rings. The van der Waals surface area contributed by atoms with Crippen molar-refractivity contribution < 1.29 is 27.5 Å². The summed E-state index contributed by atoms with van der Waals surface area (Å²) in [4.78, 5) is 15.9. The van der Waals surface area contributed by atoms with Crippen molar-refractivity contribution in [1.82, 2.24) is 9.88 Å². The van der Waals surface area contributed by atoms with Crippen molar-refractivity contribution >= 4 is 16.8 Å². The minimum Gasteiger partial charge on any atom is -0.374 e. The maximum absolute atomic E-state index is 15.4. The van der Waals surface area contributed by atoms with E-state index in [-0.39, 0.29) is 40.0 Å². The number of aromatic amines is 1. The largest absolute Gasteiger partial charge is 0.431 e. The fraction of sp³-hybridized carbons (Fsp3) is 0.261. The van der Waals surface area contributed by atoms with Crippen molar-refractivity contribution in [1.29, 1.82) is 0 Å². The first kappa shape index (κ1) is 22.0. The van der Waals surface area contributed by atoms with Crippen LogP contribution in [-0.2, 0) is 23.9 Å². The standard InChI is InChI=1S/C23H21F4N3O2/c1-3-17(31)30-8-7-13-12(10-30)5-4-6-14(13)19-16(24)9-15(22(28)32)20-18(19)11(2)21(29-20)23(25,26)27/h3-6,9,22,29,32H,1,7-8,10,28H2,2H3. The number of nitrogens with two attached hydrogens (primary N) is 1. The third-order valence-corrected chi connectivity index (χ3v) is 5.93. The maximum atomic E-state index is 15.4. The molecule has 2 aromatic carbocycles. The van der Waals surface area contributed by atoms with Gasteiger partial charge in [0.25, 0.3) is 0 Å². The Hall–Kier alpha value is -3.17. The molecule has 2 heterocycles. The average molecular weight is 447 g/mol. The number of carbonyl (C=O) groups is 1. The van der Waals surface area contributed by atoms with Crippen LogP contribution in [0.1, 0.15) is 34.2 Å². The predicted molar refractivity (Wildman–Crippen MR) is 112 cm³/mol. The van der Waals surface area contributed by atoms with Gasteiger partial charge in [-0.2, -0.15) is 13.2 Å². The van der Waals surface area contributed by atoms with Crippen molar-refractivity contribution in [3.8, 4) is 11.1 Å². The fourth-order valence-electron chi connectivity index (χ4n) is 4.46. The molecule has 168 valence electrons. The number of nitrogens with zero attached hydrogens (tertiary/aromatic N) is 1. The second kappa shape index (κ2) is 7.75. The van der Waals surface area contributed by atoms with E-state index < -0.39 is 23.9 Å². The maximum Gasteiger partial charge on any atom is 0.431 e. The molecular weight excluding hydrogens is 426 g/mol. The van der Waals surface area contributed by atoms with E-state index >= 15 is 4.39 Å². The van der Waals surface area contributed by atoms with Crippen LogP contribution in [0, 0.1) is 12.7 Å². The van der Waals surface area contributed by atoms with E-state index in [0.717, 1.165) is 17.2 Å². The number of fused-ring (bicyclic) bond motifs is 2. The first-order valence-electron chi connectivity index (χ1n) is 9.92. The molecule has 0 spiro atoms. The molecule has 4 rings (SSSR count). The van der Waals surface area contributed by atoms with Crippen LogP contribution < -0.4 is 5.73 Å². The van der Waals surface area contributed by atoms with Gasteiger partial charge in [-0.3, -0.25) is 4.79 Å². The summed E-state index contributed by atoms with van der Waals surface area (Å²) >= 11 is 0. The molecule has 0 radical (unpaired) electrons. The molecule has 1 aliphatic heterocycles. The quantitative estimate of drug-likeness (QED) is 0.318. The lowest BCUT2D eigenvalue weighted by molar-refractivity contribution is -0.141. The Labute approximate surface area is 181 Å². The highest BCUT2D eigenvalue weighted by atomic mass is 19.4. The molecular formula is C23H21F4N3O2. The number of rotatable bonds is 3. The summed E-state index contributed by atoms with van der Waals surface area (Å²) in [5.41, 5.74) is 6.10. The number of carbonyl (C=O) groups excluding carboxylic acids is 1. The molecule has 32 heavy (non-hydrogen) atoms. The molecule has 1 amide bonds. The first-order chi connectivity index (χ1) is 15.0. The summed E-state index contributed by atoms with van der Waals surface area (Å²) in [5, 5.41) is 9.89. The van der Waals surface area contributed by atoms with E-state index in [1.54, 1.807) is 23.1 Å². The third-order valence-electron chi connectivity index (χ3n) is 5.93. The highest BCUT2D eigenvalue weighted by Crippen LogP contribution is 2.44. The van der Waals surface area contributed by atoms with E-state index in [1.165, 1.54) is 13.0 Å². The zero-order chi connectivity index (χ0) is 23.4. The molecule has 4 N–H and O–H groups in total. The summed E-state index contributed by atoms with van der Waals surface area (Å²) in [7, 11) is 0. The molecule has 1 aromatic heterocycles. The number of aryl methyl sites for hydroxylation is 1. The Morgan fingerprint density at radius 2 is 2.09 bits per heavy atom. The van der Waals surface area contributed by atoms with Crippen LogP contribution in [-0.4, -0.2) is 27.4 Å². The lowest BCUT2D eigenvalue weighted by atomic mass is 9.87. The van der Waals surface area contributed by atoms with Gasteiger partial charge in [0.1, 0.15) is 17.7 Å². The van der Waals surface area contributed by atoms with E-state index in [9.17, 15) is 23.1 Å². The van der Waals surface area contributed by atoms with Crippen LogP contribution in [0.4, 0.5) is 17.6 Å². The summed E-state index contributed by atoms with van der Waals surface area (Å²) in [6.07, 6.45) is -4.74. The monoisotopic (exact) mass is 447 g/mol. The SMILES string of the molecule is C=CC(=O)N1CCc2c(cccc2-c2c(F)cc(C(N)O)c3[nH]c(C(F)(F)F)c(C)c23)C1. The smallest absolute Gasteiger partial charge is 0.374 e. The summed E-state index contributed by atoms with van der Waals surface area (Å²) < 4.78 is 56.2. The number of hydrogen-bond acceptors (Lipinski definition) is 3. The number of alkyl halides is 3. The van der Waals surface area contributed by atoms with Crippen molar-refractivity contribution in [2.75, 3.05) is 6.54 Å². The van der Waals surface area contributed by atoms with Gasteiger partial charge in [0.2, 0.25) is 5.91 Å². The normalized spacial score (nSPS) is 15.0. The van der Waals surface area contributed by atoms with Gasteiger partial charge in [0.05, 0.1) is 5.52 Å². The Morgan fingerprint density at radius 3 is 2.72 bits per heavy atom. The van der Waals surface area contributed by atoms with E-state index in [1.807, 2.05) is 0 Å².